The summed E-state index contributed by atoms with van der Waals surface area (Å²) >= 11 is 0. The number of nitrogens with zero attached hydrogens (tertiary/aromatic N) is 2. The van der Waals surface area contributed by atoms with Gasteiger partial charge in [-0.25, -0.2) is 0 Å². The third-order valence-electron chi connectivity index (χ3n) is 5.25. The fraction of sp³-hybridized carbons (Fsp3) is 0.769. The van der Waals surface area contributed by atoms with Crippen molar-refractivity contribution in [2.45, 2.75) is 96.8 Å². The molecule has 0 saturated carbocycles. The van der Waals surface area contributed by atoms with Crippen molar-refractivity contribution in [1.82, 2.24) is 9.80 Å². The molecule has 0 fully saturated rings. The first-order valence-corrected chi connectivity index (χ1v) is 12.1. The molecule has 0 atom stereocenters. The zero-order valence-corrected chi connectivity index (χ0v) is 19.8. The fourth-order valence-corrected chi connectivity index (χ4v) is 3.34. The molecule has 0 rings (SSSR count). The first-order chi connectivity index (χ1) is 14.1. The van der Waals surface area contributed by atoms with Gasteiger partial charge in [-0.15, -0.1) is 0 Å². The van der Waals surface area contributed by atoms with E-state index in [0.717, 1.165) is 38.8 Å². The van der Waals surface area contributed by atoms with Gasteiger partial charge in [0.1, 0.15) is 0 Å². The normalized spacial score (nSPS) is 11.9. The average Bonchev–Trinajstić information content (AvgIpc) is 2.70. The van der Waals surface area contributed by atoms with Crippen molar-refractivity contribution in [3.63, 3.8) is 0 Å². The van der Waals surface area contributed by atoms with Crippen LogP contribution >= 0.6 is 0 Å². The van der Waals surface area contributed by atoms with Crippen molar-refractivity contribution < 1.29 is 4.79 Å². The van der Waals surface area contributed by atoms with Crippen molar-refractivity contribution in [3.05, 3.63) is 31.2 Å². The number of unbranched alkanes of at least 4 members (excludes halogenated alkanes) is 9. The molecule has 1 radical (unpaired) electrons. The van der Waals surface area contributed by atoms with E-state index >= 15 is 0 Å². The molecule has 0 bridgehead atoms. The summed E-state index contributed by atoms with van der Waals surface area (Å²) in [6.07, 6.45) is 25.6. The Morgan fingerprint density at radius 2 is 1.34 bits per heavy atom. The number of hydrogen-bond donors (Lipinski definition) is 0. The zero-order chi connectivity index (χ0) is 21.6. The maximum absolute atomic E-state index is 12.3. The summed E-state index contributed by atoms with van der Waals surface area (Å²) in [7, 11) is 4.18. The van der Waals surface area contributed by atoms with E-state index in [4.69, 9.17) is 0 Å². The Morgan fingerprint density at radius 1 is 0.759 bits per heavy atom. The van der Waals surface area contributed by atoms with Crippen LogP contribution < -0.4 is 0 Å². The van der Waals surface area contributed by atoms with E-state index in [-0.39, 0.29) is 5.91 Å². The van der Waals surface area contributed by atoms with Crippen LogP contribution in [0.15, 0.2) is 24.3 Å². The predicted molar refractivity (Wildman–Crippen MR) is 129 cm³/mol. The molecule has 1 amide bonds. The Balaban J connectivity index is 3.53. The van der Waals surface area contributed by atoms with E-state index in [2.05, 4.69) is 57.1 Å². The summed E-state index contributed by atoms with van der Waals surface area (Å²) in [5.74, 6) is 0.288. The van der Waals surface area contributed by atoms with Gasteiger partial charge in [0.2, 0.25) is 5.91 Å². The summed E-state index contributed by atoms with van der Waals surface area (Å²) in [6.45, 7) is 8.72. The highest BCUT2D eigenvalue weighted by atomic mass is 16.2. The van der Waals surface area contributed by atoms with Gasteiger partial charge < -0.3 is 9.80 Å². The molecular formula is C26H49N2O. The van der Waals surface area contributed by atoms with Gasteiger partial charge in [-0.05, 0) is 78.9 Å². The van der Waals surface area contributed by atoms with Crippen LogP contribution in [0.3, 0.4) is 0 Å². The number of hydrogen-bond acceptors (Lipinski definition) is 2. The summed E-state index contributed by atoms with van der Waals surface area (Å²) in [6, 6.07) is 0. The largest absolute Gasteiger partial charge is 0.343 e. The number of rotatable bonds is 20. The van der Waals surface area contributed by atoms with E-state index in [1.54, 1.807) is 0 Å². The van der Waals surface area contributed by atoms with Gasteiger partial charge in [-0.3, -0.25) is 4.79 Å². The maximum atomic E-state index is 12.3. The highest BCUT2D eigenvalue weighted by molar-refractivity contribution is 5.76. The molecule has 0 aliphatic rings. The van der Waals surface area contributed by atoms with Crippen LogP contribution in [-0.4, -0.2) is 49.4 Å². The third kappa shape index (κ3) is 20.0. The smallest absolute Gasteiger partial charge is 0.222 e. The van der Waals surface area contributed by atoms with E-state index in [1.165, 1.54) is 57.8 Å². The second-order valence-electron chi connectivity index (χ2n) is 8.37. The Bertz CT molecular complexity index is 415. The summed E-state index contributed by atoms with van der Waals surface area (Å²) in [4.78, 5) is 16.4. The Morgan fingerprint density at radius 3 is 1.97 bits per heavy atom. The second kappa shape index (κ2) is 21.6. The molecule has 0 aliphatic carbocycles. The van der Waals surface area contributed by atoms with Crippen molar-refractivity contribution in [1.29, 1.82) is 0 Å². The number of carbonyl (C=O) groups excluding carboxylic acids is 1. The van der Waals surface area contributed by atoms with Crippen molar-refractivity contribution >= 4 is 5.91 Å². The highest BCUT2D eigenvalue weighted by Gasteiger charge is 2.10. The lowest BCUT2D eigenvalue weighted by molar-refractivity contribution is -0.130. The molecule has 3 nitrogen and oxygen atoms in total. The van der Waals surface area contributed by atoms with E-state index in [1.807, 2.05) is 4.90 Å². The monoisotopic (exact) mass is 405 g/mol. The number of allylic oxidation sites excluding steroid dienone is 4. The van der Waals surface area contributed by atoms with Gasteiger partial charge in [0.05, 0.1) is 0 Å². The molecule has 29 heavy (non-hydrogen) atoms. The van der Waals surface area contributed by atoms with Crippen molar-refractivity contribution in [3.8, 4) is 0 Å². The standard InChI is InChI=1S/C26H49N2O/c1-5-7-8-9-10-11-12-13-14-15-16-17-18-19-20-23-26(29)28(6-2)25-22-21-24-27(3)4/h10-11,13-14H,2,5-9,12,15-25H2,1,3-4H3/b11-10-,14-13-. The van der Waals surface area contributed by atoms with Gasteiger partial charge >= 0.3 is 0 Å². The number of carbonyl (C=O) groups is 1. The van der Waals surface area contributed by atoms with Gasteiger partial charge in [-0.2, -0.15) is 0 Å². The minimum Gasteiger partial charge on any atom is -0.343 e. The molecule has 0 aromatic carbocycles. The molecule has 169 valence electrons. The van der Waals surface area contributed by atoms with Gasteiger partial charge in [-0.1, -0.05) is 63.3 Å². The minimum absolute atomic E-state index is 0.288. The van der Waals surface area contributed by atoms with Crippen LogP contribution in [0.4, 0.5) is 0 Å². The maximum Gasteiger partial charge on any atom is 0.222 e. The Kier molecular flexibility index (Phi) is 20.8. The molecular weight excluding hydrogens is 356 g/mol. The van der Waals surface area contributed by atoms with Crippen LogP contribution in [-0.2, 0) is 4.79 Å². The van der Waals surface area contributed by atoms with Gasteiger partial charge in [0.15, 0.2) is 0 Å². The molecule has 0 unspecified atom stereocenters. The predicted octanol–water partition coefficient (Wildman–Crippen LogP) is 6.80. The van der Waals surface area contributed by atoms with E-state index < -0.39 is 0 Å². The second-order valence-corrected chi connectivity index (χ2v) is 8.37. The molecule has 0 N–H and O–H groups in total. The first-order valence-electron chi connectivity index (χ1n) is 12.1. The minimum atomic E-state index is 0.288. The third-order valence-corrected chi connectivity index (χ3v) is 5.25. The van der Waals surface area contributed by atoms with Crippen LogP contribution in [0.25, 0.3) is 0 Å². The lowest BCUT2D eigenvalue weighted by Crippen LogP contribution is -2.32. The Labute approximate surface area is 182 Å². The van der Waals surface area contributed by atoms with Gasteiger partial charge in [0, 0.05) is 19.5 Å². The van der Waals surface area contributed by atoms with Gasteiger partial charge in [0.25, 0.3) is 0 Å². The van der Waals surface area contributed by atoms with Crippen molar-refractivity contribution in [2.24, 2.45) is 0 Å². The lowest BCUT2D eigenvalue weighted by atomic mass is 10.1. The topological polar surface area (TPSA) is 23.6 Å². The van der Waals surface area contributed by atoms with E-state index in [0.29, 0.717) is 13.0 Å². The fourth-order valence-electron chi connectivity index (χ4n) is 3.34. The van der Waals surface area contributed by atoms with Crippen LogP contribution in [0.5, 0.6) is 0 Å². The van der Waals surface area contributed by atoms with Crippen molar-refractivity contribution in [2.75, 3.05) is 33.7 Å². The quantitative estimate of drug-likeness (QED) is 0.164. The molecule has 0 aliphatic heterocycles. The molecule has 0 aromatic heterocycles. The van der Waals surface area contributed by atoms with E-state index in [9.17, 15) is 4.79 Å². The summed E-state index contributed by atoms with van der Waals surface area (Å²) in [5.41, 5.74) is 0. The zero-order valence-electron chi connectivity index (χ0n) is 19.8. The highest BCUT2D eigenvalue weighted by Crippen LogP contribution is 2.10. The average molecular weight is 406 g/mol. The van der Waals surface area contributed by atoms with Crippen LogP contribution in [0.1, 0.15) is 96.8 Å². The SMILES string of the molecule is [CH2]CN(CCCCN(C)C)C(=O)CCCCCCC/C=C\C/C=C\CCCCC. The number of amides is 1. The summed E-state index contributed by atoms with van der Waals surface area (Å²) in [5, 5.41) is 0. The molecule has 0 aromatic rings. The van der Waals surface area contributed by atoms with Crippen LogP contribution in [0.2, 0.25) is 0 Å². The molecule has 3 heteroatoms. The molecule has 0 saturated heterocycles. The first kappa shape index (κ1) is 27.9. The van der Waals surface area contributed by atoms with Crippen LogP contribution in [0, 0.1) is 6.92 Å². The molecule has 0 spiro atoms. The Hall–Kier alpha value is -1.09. The lowest BCUT2D eigenvalue weighted by Gasteiger charge is -2.21. The summed E-state index contributed by atoms with van der Waals surface area (Å²) < 4.78 is 0. The molecule has 0 heterocycles.